The van der Waals surface area contributed by atoms with Crippen LogP contribution < -0.4 is 0 Å². The van der Waals surface area contributed by atoms with Crippen molar-refractivity contribution in [3.05, 3.63) is 93.5 Å². The highest BCUT2D eigenvalue weighted by Gasteiger charge is 2.16. The van der Waals surface area contributed by atoms with Gasteiger partial charge in [0, 0.05) is 23.4 Å². The number of esters is 1. The molecule has 0 bridgehead atoms. The number of rotatable bonds is 11. The van der Waals surface area contributed by atoms with Gasteiger partial charge in [-0.15, -0.1) is 0 Å². The maximum absolute atomic E-state index is 12.8. The fourth-order valence-corrected chi connectivity index (χ4v) is 3.88. The average Bonchev–Trinajstić information content (AvgIpc) is 3.20. The van der Waals surface area contributed by atoms with E-state index in [1.54, 1.807) is 25.3 Å². The minimum Gasteiger partial charge on any atom is -0.478 e. The number of imidazole rings is 1. The molecule has 0 radical (unpaired) electrons. The van der Waals surface area contributed by atoms with E-state index in [1.807, 2.05) is 41.0 Å². The molecule has 2 aromatic carbocycles. The van der Waals surface area contributed by atoms with E-state index >= 15 is 0 Å². The van der Waals surface area contributed by atoms with E-state index in [9.17, 15) is 14.7 Å². The standard InChI is InChI=1S/C27H29ClN2O4/c1-3-5-11-25-29-17-23(30(25)18-21-13-12-20(26(31)32)16-24(21)28)15-22(27(33)34-4-2)14-19-9-7-6-8-10-19/h6-10,12-13,15-17H,3-5,11,14,18H2,1-2H3,(H,31,32). The highest BCUT2D eigenvalue weighted by atomic mass is 35.5. The molecule has 1 aromatic heterocycles. The number of hydrogen-bond acceptors (Lipinski definition) is 4. The molecule has 6 nitrogen and oxygen atoms in total. The van der Waals surface area contributed by atoms with Gasteiger partial charge in [-0.25, -0.2) is 14.6 Å². The molecule has 0 aliphatic rings. The van der Waals surface area contributed by atoms with Gasteiger partial charge in [0.25, 0.3) is 0 Å². The predicted molar refractivity (Wildman–Crippen MR) is 133 cm³/mol. The Hall–Kier alpha value is -3.38. The van der Waals surface area contributed by atoms with Gasteiger partial charge in [-0.2, -0.15) is 0 Å². The van der Waals surface area contributed by atoms with Crippen LogP contribution in [0.2, 0.25) is 5.02 Å². The average molecular weight is 481 g/mol. The lowest BCUT2D eigenvalue weighted by atomic mass is 10.0. The van der Waals surface area contributed by atoms with Gasteiger partial charge in [-0.1, -0.05) is 61.3 Å². The molecule has 3 rings (SSSR count). The first-order valence-electron chi connectivity index (χ1n) is 11.4. The van der Waals surface area contributed by atoms with Crippen LogP contribution in [0.5, 0.6) is 0 Å². The van der Waals surface area contributed by atoms with E-state index in [4.69, 9.17) is 16.3 Å². The Labute approximate surface area is 204 Å². The van der Waals surface area contributed by atoms with Gasteiger partial charge in [-0.3, -0.25) is 0 Å². The zero-order chi connectivity index (χ0) is 24.5. The van der Waals surface area contributed by atoms with Crippen LogP contribution in [-0.4, -0.2) is 33.2 Å². The van der Waals surface area contributed by atoms with Gasteiger partial charge in [-0.05, 0) is 42.7 Å². The third-order valence-electron chi connectivity index (χ3n) is 5.45. The molecular formula is C27H29ClN2O4. The molecule has 178 valence electrons. The molecule has 1 N–H and O–H groups in total. The van der Waals surface area contributed by atoms with Crippen LogP contribution in [0.1, 0.15) is 59.7 Å². The van der Waals surface area contributed by atoms with Gasteiger partial charge < -0.3 is 14.4 Å². The van der Waals surface area contributed by atoms with Crippen molar-refractivity contribution in [2.24, 2.45) is 0 Å². The molecule has 0 amide bonds. The summed E-state index contributed by atoms with van der Waals surface area (Å²) in [4.78, 5) is 28.6. The number of aryl methyl sites for hydroxylation is 1. The maximum Gasteiger partial charge on any atom is 0.335 e. The van der Waals surface area contributed by atoms with E-state index in [1.165, 1.54) is 6.07 Å². The molecule has 7 heteroatoms. The Balaban J connectivity index is 2.02. The largest absolute Gasteiger partial charge is 0.478 e. The molecule has 0 spiro atoms. The molecule has 34 heavy (non-hydrogen) atoms. The normalized spacial score (nSPS) is 11.4. The summed E-state index contributed by atoms with van der Waals surface area (Å²) in [5.41, 5.74) is 3.22. The van der Waals surface area contributed by atoms with E-state index in [-0.39, 0.29) is 18.1 Å². The number of unbranched alkanes of at least 4 members (excludes halogenated alkanes) is 1. The zero-order valence-corrected chi connectivity index (χ0v) is 20.2. The Kier molecular flexibility index (Phi) is 9.05. The summed E-state index contributed by atoms with van der Waals surface area (Å²) >= 11 is 6.42. The first kappa shape index (κ1) is 25.2. The van der Waals surface area contributed by atoms with E-state index in [0.29, 0.717) is 23.6 Å². The molecule has 0 aliphatic heterocycles. The molecule has 1 heterocycles. The second-order valence-electron chi connectivity index (χ2n) is 7.95. The Morgan fingerprint density at radius 1 is 1.15 bits per heavy atom. The Morgan fingerprint density at radius 2 is 1.91 bits per heavy atom. The lowest BCUT2D eigenvalue weighted by molar-refractivity contribution is -0.138. The number of nitrogens with zero attached hydrogens (tertiary/aromatic N) is 2. The highest BCUT2D eigenvalue weighted by molar-refractivity contribution is 6.31. The zero-order valence-electron chi connectivity index (χ0n) is 19.5. The van der Waals surface area contributed by atoms with Gasteiger partial charge in [0.05, 0.1) is 30.6 Å². The Morgan fingerprint density at radius 3 is 2.56 bits per heavy atom. The molecule has 3 aromatic rings. The number of carbonyl (C=O) groups excluding carboxylic acids is 1. The maximum atomic E-state index is 12.8. The van der Waals surface area contributed by atoms with Crippen molar-refractivity contribution in [3.63, 3.8) is 0 Å². The van der Waals surface area contributed by atoms with Crippen LogP contribution in [0.3, 0.4) is 0 Å². The number of aromatic carboxylic acids is 1. The number of carbonyl (C=O) groups is 2. The van der Waals surface area contributed by atoms with Gasteiger partial charge in [0.1, 0.15) is 5.82 Å². The van der Waals surface area contributed by atoms with Crippen LogP contribution >= 0.6 is 11.6 Å². The van der Waals surface area contributed by atoms with Crippen molar-refractivity contribution in [1.29, 1.82) is 0 Å². The number of benzene rings is 2. The summed E-state index contributed by atoms with van der Waals surface area (Å²) in [7, 11) is 0. The second kappa shape index (κ2) is 12.2. The number of halogens is 1. The van der Waals surface area contributed by atoms with Crippen LogP contribution in [0.15, 0.2) is 60.3 Å². The molecule has 0 atom stereocenters. The van der Waals surface area contributed by atoms with Crippen LogP contribution in [0.4, 0.5) is 0 Å². The first-order chi connectivity index (χ1) is 16.4. The number of carboxylic acids is 1. The lowest BCUT2D eigenvalue weighted by Gasteiger charge is -2.14. The van der Waals surface area contributed by atoms with Crippen molar-refractivity contribution < 1.29 is 19.4 Å². The number of aromatic nitrogens is 2. The quantitative estimate of drug-likeness (QED) is 0.276. The predicted octanol–water partition coefficient (Wildman–Crippen LogP) is 5.81. The van der Waals surface area contributed by atoms with Crippen LogP contribution in [-0.2, 0) is 28.9 Å². The van der Waals surface area contributed by atoms with Crippen LogP contribution in [0.25, 0.3) is 6.08 Å². The summed E-state index contributed by atoms with van der Waals surface area (Å²) < 4.78 is 7.35. The number of hydrogen-bond donors (Lipinski definition) is 1. The van der Waals surface area contributed by atoms with E-state index in [0.717, 1.165) is 41.9 Å². The third kappa shape index (κ3) is 6.58. The molecule has 0 saturated carbocycles. The molecule has 0 fully saturated rings. The summed E-state index contributed by atoms with van der Waals surface area (Å²) in [5.74, 6) is -0.504. The van der Waals surface area contributed by atoms with Crippen molar-refractivity contribution >= 4 is 29.6 Å². The summed E-state index contributed by atoms with van der Waals surface area (Å²) in [6, 6.07) is 14.5. The van der Waals surface area contributed by atoms with Crippen molar-refractivity contribution in [2.45, 2.75) is 46.1 Å². The topological polar surface area (TPSA) is 81.4 Å². The molecular weight excluding hydrogens is 452 g/mol. The Bertz CT molecular complexity index is 1170. The third-order valence-corrected chi connectivity index (χ3v) is 5.80. The van der Waals surface area contributed by atoms with Gasteiger partial charge in [0.15, 0.2) is 0 Å². The van der Waals surface area contributed by atoms with E-state index in [2.05, 4.69) is 11.9 Å². The first-order valence-corrected chi connectivity index (χ1v) is 11.8. The van der Waals surface area contributed by atoms with Crippen molar-refractivity contribution in [3.8, 4) is 0 Å². The molecule has 0 unspecified atom stereocenters. The number of ether oxygens (including phenoxy) is 1. The SMILES string of the molecule is CCCCc1ncc(C=C(Cc2ccccc2)C(=O)OCC)n1Cc1ccc(C(=O)O)cc1Cl. The second-order valence-corrected chi connectivity index (χ2v) is 8.36. The minimum absolute atomic E-state index is 0.137. The molecule has 0 aliphatic carbocycles. The fourth-order valence-electron chi connectivity index (χ4n) is 3.64. The molecule has 0 saturated heterocycles. The lowest BCUT2D eigenvalue weighted by Crippen LogP contribution is -2.12. The fraction of sp³-hybridized carbons (Fsp3) is 0.296. The van der Waals surface area contributed by atoms with Crippen molar-refractivity contribution in [1.82, 2.24) is 9.55 Å². The summed E-state index contributed by atoms with van der Waals surface area (Å²) in [5, 5.41) is 9.61. The van der Waals surface area contributed by atoms with Gasteiger partial charge in [0.2, 0.25) is 0 Å². The monoisotopic (exact) mass is 480 g/mol. The summed E-state index contributed by atoms with van der Waals surface area (Å²) in [6.45, 7) is 4.60. The minimum atomic E-state index is -1.02. The van der Waals surface area contributed by atoms with Crippen molar-refractivity contribution in [2.75, 3.05) is 6.61 Å². The summed E-state index contributed by atoms with van der Waals surface area (Å²) in [6.07, 6.45) is 6.79. The number of carboxylic acid groups (broad SMARTS) is 1. The van der Waals surface area contributed by atoms with E-state index < -0.39 is 5.97 Å². The smallest absolute Gasteiger partial charge is 0.335 e. The van der Waals surface area contributed by atoms with Gasteiger partial charge >= 0.3 is 11.9 Å². The van der Waals surface area contributed by atoms with Crippen LogP contribution in [0, 0.1) is 0 Å². The highest BCUT2D eigenvalue weighted by Crippen LogP contribution is 2.23.